The zero-order valence-electron chi connectivity index (χ0n) is 11.9. The van der Waals surface area contributed by atoms with Gasteiger partial charge in [-0.25, -0.2) is 0 Å². The van der Waals surface area contributed by atoms with E-state index in [0.717, 1.165) is 13.1 Å². The minimum Gasteiger partial charge on any atom is -0.392 e. The molecular weight excluding hydrogens is 272 g/mol. The SMILES string of the molecule is C[C@@H](O)CN1CCN(c2ccc(C#N)cc2[N+](=O)[O-])CC1. The molecule has 1 aliphatic heterocycles. The third kappa shape index (κ3) is 3.68. The van der Waals surface area contributed by atoms with E-state index in [2.05, 4.69) is 4.90 Å². The Morgan fingerprint density at radius 2 is 2.10 bits per heavy atom. The molecule has 1 aromatic rings. The van der Waals surface area contributed by atoms with Gasteiger partial charge >= 0.3 is 0 Å². The Bertz CT molecular complexity index is 560. The molecule has 2 rings (SSSR count). The number of benzene rings is 1. The maximum absolute atomic E-state index is 11.2. The number of nitro benzene ring substituents is 1. The fourth-order valence-electron chi connectivity index (χ4n) is 2.55. The number of nitro groups is 1. The molecule has 0 radical (unpaired) electrons. The first-order valence-electron chi connectivity index (χ1n) is 6.85. The molecule has 1 aliphatic rings. The second-order valence-corrected chi connectivity index (χ2v) is 5.21. The van der Waals surface area contributed by atoms with Gasteiger partial charge < -0.3 is 10.0 Å². The Balaban J connectivity index is 2.13. The quantitative estimate of drug-likeness (QED) is 0.656. The largest absolute Gasteiger partial charge is 0.392 e. The first-order valence-corrected chi connectivity index (χ1v) is 6.85. The summed E-state index contributed by atoms with van der Waals surface area (Å²) >= 11 is 0. The van der Waals surface area contributed by atoms with E-state index in [0.29, 0.717) is 25.3 Å². The van der Waals surface area contributed by atoms with Crippen LogP contribution in [0.1, 0.15) is 12.5 Å². The number of piperazine rings is 1. The van der Waals surface area contributed by atoms with Crippen LogP contribution in [0.4, 0.5) is 11.4 Å². The zero-order chi connectivity index (χ0) is 15.4. The number of β-amino-alcohol motifs (C(OH)–C–C–N with tert-alkyl or cyclic N) is 1. The van der Waals surface area contributed by atoms with Crippen LogP contribution in [-0.2, 0) is 0 Å². The zero-order valence-corrected chi connectivity index (χ0v) is 11.9. The lowest BCUT2D eigenvalue weighted by molar-refractivity contribution is -0.384. The van der Waals surface area contributed by atoms with E-state index < -0.39 is 4.92 Å². The van der Waals surface area contributed by atoms with Crippen LogP contribution in [-0.4, -0.2) is 53.8 Å². The van der Waals surface area contributed by atoms with Gasteiger partial charge in [-0.15, -0.1) is 0 Å². The normalized spacial score (nSPS) is 17.3. The molecule has 7 nitrogen and oxygen atoms in total. The molecule has 1 fully saturated rings. The monoisotopic (exact) mass is 290 g/mol. The fraction of sp³-hybridized carbons (Fsp3) is 0.500. The highest BCUT2D eigenvalue weighted by Crippen LogP contribution is 2.29. The van der Waals surface area contributed by atoms with Crippen molar-refractivity contribution in [3.63, 3.8) is 0 Å². The lowest BCUT2D eigenvalue weighted by Gasteiger charge is -2.36. The third-order valence-corrected chi connectivity index (χ3v) is 3.54. The summed E-state index contributed by atoms with van der Waals surface area (Å²) in [6.45, 7) is 5.20. The average molecular weight is 290 g/mol. The number of hydrogen-bond donors (Lipinski definition) is 1. The van der Waals surface area contributed by atoms with Crippen LogP contribution in [0.25, 0.3) is 0 Å². The molecule has 7 heteroatoms. The van der Waals surface area contributed by atoms with Crippen LogP contribution < -0.4 is 4.90 Å². The lowest BCUT2D eigenvalue weighted by Crippen LogP contribution is -2.48. The fourth-order valence-corrected chi connectivity index (χ4v) is 2.55. The third-order valence-electron chi connectivity index (χ3n) is 3.54. The molecule has 0 aromatic heterocycles. The highest BCUT2D eigenvalue weighted by atomic mass is 16.6. The van der Waals surface area contributed by atoms with Crippen molar-refractivity contribution in [2.75, 3.05) is 37.6 Å². The van der Waals surface area contributed by atoms with Gasteiger partial charge in [-0.1, -0.05) is 0 Å². The summed E-state index contributed by atoms with van der Waals surface area (Å²) < 4.78 is 0. The summed E-state index contributed by atoms with van der Waals surface area (Å²) in [5, 5.41) is 29.4. The molecule has 1 saturated heterocycles. The average Bonchev–Trinajstić information content (AvgIpc) is 2.47. The molecule has 1 atom stereocenters. The summed E-state index contributed by atoms with van der Waals surface area (Å²) in [4.78, 5) is 14.8. The minimum atomic E-state index is -0.446. The summed E-state index contributed by atoms with van der Waals surface area (Å²) in [5.74, 6) is 0. The van der Waals surface area contributed by atoms with Crippen molar-refractivity contribution in [1.29, 1.82) is 5.26 Å². The first kappa shape index (κ1) is 15.2. The van der Waals surface area contributed by atoms with Gasteiger partial charge in [0.25, 0.3) is 5.69 Å². The molecule has 21 heavy (non-hydrogen) atoms. The van der Waals surface area contributed by atoms with Gasteiger partial charge in [0.05, 0.1) is 22.7 Å². The van der Waals surface area contributed by atoms with E-state index in [1.54, 1.807) is 19.1 Å². The molecule has 1 aromatic carbocycles. The lowest BCUT2D eigenvalue weighted by atomic mass is 10.1. The summed E-state index contributed by atoms with van der Waals surface area (Å²) in [6, 6.07) is 6.48. The standard InChI is InChI=1S/C14H18N4O3/c1-11(19)10-16-4-6-17(7-5-16)13-3-2-12(9-15)8-14(13)18(20)21/h2-3,8,11,19H,4-7,10H2,1H3/t11-/m1/s1. The van der Waals surface area contributed by atoms with Crippen LogP contribution in [0, 0.1) is 21.4 Å². The van der Waals surface area contributed by atoms with Gasteiger partial charge in [-0.05, 0) is 19.1 Å². The van der Waals surface area contributed by atoms with E-state index in [9.17, 15) is 15.2 Å². The number of anilines is 1. The Hall–Kier alpha value is -2.17. The predicted octanol–water partition coefficient (Wildman–Crippen LogP) is 0.969. The Morgan fingerprint density at radius 1 is 1.43 bits per heavy atom. The summed E-state index contributed by atoms with van der Waals surface area (Å²) in [7, 11) is 0. The summed E-state index contributed by atoms with van der Waals surface area (Å²) in [6.07, 6.45) is -0.374. The van der Waals surface area contributed by atoms with E-state index in [1.807, 2.05) is 11.0 Å². The number of rotatable bonds is 4. The van der Waals surface area contributed by atoms with E-state index in [-0.39, 0.29) is 17.4 Å². The van der Waals surface area contributed by atoms with Crippen molar-refractivity contribution in [3.8, 4) is 6.07 Å². The second-order valence-electron chi connectivity index (χ2n) is 5.21. The topological polar surface area (TPSA) is 93.6 Å². The molecule has 1 heterocycles. The highest BCUT2D eigenvalue weighted by Gasteiger charge is 2.24. The van der Waals surface area contributed by atoms with Gasteiger partial charge in [0.1, 0.15) is 5.69 Å². The number of aliphatic hydroxyl groups excluding tert-OH is 1. The van der Waals surface area contributed by atoms with E-state index in [4.69, 9.17) is 5.26 Å². The maximum atomic E-state index is 11.2. The number of nitrogens with zero attached hydrogens (tertiary/aromatic N) is 4. The van der Waals surface area contributed by atoms with Crippen LogP contribution >= 0.6 is 0 Å². The smallest absolute Gasteiger partial charge is 0.293 e. The van der Waals surface area contributed by atoms with Gasteiger partial charge in [0.15, 0.2) is 0 Å². The molecule has 0 unspecified atom stereocenters. The van der Waals surface area contributed by atoms with Crippen molar-refractivity contribution in [2.24, 2.45) is 0 Å². The van der Waals surface area contributed by atoms with Crippen LogP contribution in [0.2, 0.25) is 0 Å². The summed E-state index contributed by atoms with van der Waals surface area (Å²) in [5.41, 5.74) is 0.812. The minimum absolute atomic E-state index is 0.0296. The molecular formula is C14H18N4O3. The predicted molar refractivity (Wildman–Crippen MR) is 78.1 cm³/mol. The Kier molecular flexibility index (Phi) is 4.73. The Labute approximate surface area is 123 Å². The van der Waals surface area contributed by atoms with Crippen molar-refractivity contribution in [1.82, 2.24) is 4.90 Å². The number of nitriles is 1. The molecule has 1 N–H and O–H groups in total. The van der Waals surface area contributed by atoms with Crippen LogP contribution in [0.15, 0.2) is 18.2 Å². The van der Waals surface area contributed by atoms with Gasteiger partial charge in [0.2, 0.25) is 0 Å². The molecule has 112 valence electrons. The Morgan fingerprint density at radius 3 is 2.62 bits per heavy atom. The van der Waals surface area contributed by atoms with Crippen molar-refractivity contribution >= 4 is 11.4 Å². The van der Waals surface area contributed by atoms with Crippen LogP contribution in [0.5, 0.6) is 0 Å². The molecule has 0 bridgehead atoms. The van der Waals surface area contributed by atoms with Crippen LogP contribution in [0.3, 0.4) is 0 Å². The number of hydrogen-bond acceptors (Lipinski definition) is 6. The van der Waals surface area contributed by atoms with Gasteiger partial charge in [-0.3, -0.25) is 15.0 Å². The van der Waals surface area contributed by atoms with Gasteiger partial charge in [0, 0.05) is 38.8 Å². The van der Waals surface area contributed by atoms with E-state index in [1.165, 1.54) is 6.07 Å². The van der Waals surface area contributed by atoms with E-state index >= 15 is 0 Å². The first-order chi connectivity index (χ1) is 10.0. The molecule has 0 saturated carbocycles. The number of aliphatic hydroxyl groups is 1. The second kappa shape index (κ2) is 6.52. The maximum Gasteiger partial charge on any atom is 0.293 e. The van der Waals surface area contributed by atoms with Crippen molar-refractivity contribution in [3.05, 3.63) is 33.9 Å². The van der Waals surface area contributed by atoms with Gasteiger partial charge in [-0.2, -0.15) is 5.26 Å². The molecule has 0 amide bonds. The van der Waals surface area contributed by atoms with Crippen molar-refractivity contribution < 1.29 is 10.0 Å². The molecule has 0 aliphatic carbocycles. The molecule has 0 spiro atoms. The van der Waals surface area contributed by atoms with Crippen molar-refractivity contribution in [2.45, 2.75) is 13.0 Å². The highest BCUT2D eigenvalue weighted by molar-refractivity contribution is 5.65.